The molecule has 1 aromatic carbocycles. The smallest absolute Gasteiger partial charge is 0.0494 e. The minimum absolute atomic E-state index is 0.892. The molecule has 3 rings (SSSR count). The first-order valence-electron chi connectivity index (χ1n) is 6.79. The second-order valence-electron chi connectivity index (χ2n) is 4.69. The molecule has 0 fully saturated rings. The predicted molar refractivity (Wildman–Crippen MR) is 90.8 cm³/mol. The van der Waals surface area contributed by atoms with Crippen molar-refractivity contribution in [2.24, 2.45) is 0 Å². The molecule has 2 aromatic heterocycles. The Kier molecular flexibility index (Phi) is 4.19. The van der Waals surface area contributed by atoms with Gasteiger partial charge in [0.25, 0.3) is 0 Å². The Morgan fingerprint density at radius 1 is 1.05 bits per heavy atom. The van der Waals surface area contributed by atoms with Crippen molar-refractivity contribution in [1.82, 2.24) is 0 Å². The Morgan fingerprint density at radius 2 is 2.00 bits per heavy atom. The van der Waals surface area contributed by atoms with E-state index in [1.165, 1.54) is 26.6 Å². The zero-order chi connectivity index (χ0) is 13.8. The van der Waals surface area contributed by atoms with Crippen molar-refractivity contribution >= 4 is 28.4 Å². The molecule has 2 heterocycles. The quantitative estimate of drug-likeness (QED) is 0.642. The second kappa shape index (κ2) is 6.25. The van der Waals surface area contributed by atoms with E-state index in [1.807, 2.05) is 11.3 Å². The summed E-state index contributed by atoms with van der Waals surface area (Å²) in [5.74, 6) is 0. The monoisotopic (exact) mass is 299 g/mol. The van der Waals surface area contributed by atoms with Gasteiger partial charge in [-0.15, -0.1) is 22.7 Å². The van der Waals surface area contributed by atoms with Crippen LogP contribution in [0.3, 0.4) is 0 Å². The van der Waals surface area contributed by atoms with Crippen LogP contribution in [0.15, 0.2) is 53.2 Å². The minimum atomic E-state index is 0.892. The number of thiophene rings is 2. The lowest BCUT2D eigenvalue weighted by molar-refractivity contribution is 1.13. The molecule has 0 unspecified atom stereocenters. The Balaban J connectivity index is 1.66. The third kappa shape index (κ3) is 3.11. The van der Waals surface area contributed by atoms with Crippen molar-refractivity contribution < 1.29 is 0 Å². The molecule has 3 heteroatoms. The topological polar surface area (TPSA) is 12.0 Å². The number of hydrogen-bond acceptors (Lipinski definition) is 3. The molecular formula is C17H17NS2. The van der Waals surface area contributed by atoms with Crippen molar-refractivity contribution in [2.75, 3.05) is 5.32 Å². The molecule has 0 aliphatic heterocycles. The maximum absolute atomic E-state index is 3.51. The van der Waals surface area contributed by atoms with Gasteiger partial charge in [0.15, 0.2) is 0 Å². The summed E-state index contributed by atoms with van der Waals surface area (Å²) in [4.78, 5) is 2.72. The second-order valence-corrected chi connectivity index (χ2v) is 6.63. The van der Waals surface area contributed by atoms with E-state index in [-0.39, 0.29) is 0 Å². The maximum Gasteiger partial charge on any atom is 0.0494 e. The summed E-state index contributed by atoms with van der Waals surface area (Å²) in [7, 11) is 0. The van der Waals surface area contributed by atoms with Gasteiger partial charge in [-0.05, 0) is 47.0 Å². The van der Waals surface area contributed by atoms with Crippen LogP contribution in [0.1, 0.15) is 17.4 Å². The lowest BCUT2D eigenvalue weighted by atomic mass is 10.1. The zero-order valence-corrected chi connectivity index (χ0v) is 13.1. The van der Waals surface area contributed by atoms with Gasteiger partial charge in [0.05, 0.1) is 0 Å². The van der Waals surface area contributed by atoms with Crippen LogP contribution in [0.2, 0.25) is 0 Å². The first-order valence-corrected chi connectivity index (χ1v) is 8.55. The van der Waals surface area contributed by atoms with Crippen LogP contribution in [0, 0.1) is 0 Å². The third-order valence-corrected chi connectivity index (χ3v) is 5.12. The SMILES string of the molecule is CCc1cccc(NCc2cc(-c3cccs3)cs2)c1. The van der Waals surface area contributed by atoms with Gasteiger partial charge < -0.3 is 5.32 Å². The van der Waals surface area contributed by atoms with Gasteiger partial charge in [-0.1, -0.05) is 25.1 Å². The van der Waals surface area contributed by atoms with Gasteiger partial charge >= 0.3 is 0 Å². The van der Waals surface area contributed by atoms with Crippen molar-refractivity contribution in [2.45, 2.75) is 19.9 Å². The number of aryl methyl sites for hydroxylation is 1. The third-order valence-electron chi connectivity index (χ3n) is 3.26. The molecule has 0 aliphatic rings. The van der Waals surface area contributed by atoms with Gasteiger partial charge in [0.2, 0.25) is 0 Å². The minimum Gasteiger partial charge on any atom is -0.380 e. The van der Waals surface area contributed by atoms with E-state index in [1.54, 1.807) is 11.3 Å². The summed E-state index contributed by atoms with van der Waals surface area (Å²) >= 11 is 3.62. The number of nitrogens with one attached hydrogen (secondary N) is 1. The molecule has 1 N–H and O–H groups in total. The zero-order valence-electron chi connectivity index (χ0n) is 11.4. The van der Waals surface area contributed by atoms with Gasteiger partial charge in [-0.2, -0.15) is 0 Å². The molecule has 0 atom stereocenters. The van der Waals surface area contributed by atoms with Crippen LogP contribution in [-0.4, -0.2) is 0 Å². The fraction of sp³-hybridized carbons (Fsp3) is 0.176. The Hall–Kier alpha value is -1.58. The standard InChI is InChI=1S/C17H17NS2/c1-2-13-5-3-6-15(9-13)18-11-16-10-14(12-20-16)17-7-4-8-19-17/h3-10,12,18H,2,11H2,1H3. The fourth-order valence-electron chi connectivity index (χ4n) is 2.14. The average molecular weight is 299 g/mol. The molecule has 3 aromatic rings. The van der Waals surface area contributed by atoms with Crippen LogP contribution in [0.4, 0.5) is 5.69 Å². The van der Waals surface area contributed by atoms with Crippen LogP contribution >= 0.6 is 22.7 Å². The first-order chi connectivity index (χ1) is 9.85. The summed E-state index contributed by atoms with van der Waals surface area (Å²) in [5.41, 5.74) is 3.92. The summed E-state index contributed by atoms with van der Waals surface area (Å²) in [6.45, 7) is 3.08. The molecule has 20 heavy (non-hydrogen) atoms. The molecule has 0 spiro atoms. The molecule has 0 bridgehead atoms. The molecule has 0 saturated carbocycles. The summed E-state index contributed by atoms with van der Waals surface area (Å²) < 4.78 is 0. The lowest BCUT2D eigenvalue weighted by Crippen LogP contribution is -1.97. The average Bonchev–Trinajstić information content (AvgIpc) is 3.16. The number of benzene rings is 1. The Bertz CT molecular complexity index is 668. The highest BCUT2D eigenvalue weighted by molar-refractivity contribution is 7.14. The summed E-state index contributed by atoms with van der Waals surface area (Å²) in [5, 5.41) is 7.88. The molecule has 0 aliphatic carbocycles. The van der Waals surface area contributed by atoms with Crippen molar-refractivity contribution in [3.8, 4) is 10.4 Å². The van der Waals surface area contributed by atoms with Crippen molar-refractivity contribution in [3.05, 3.63) is 63.7 Å². The van der Waals surface area contributed by atoms with E-state index in [2.05, 4.69) is 65.5 Å². The van der Waals surface area contributed by atoms with Crippen molar-refractivity contribution in [1.29, 1.82) is 0 Å². The van der Waals surface area contributed by atoms with Gasteiger partial charge in [-0.3, -0.25) is 0 Å². The van der Waals surface area contributed by atoms with E-state index in [0.29, 0.717) is 0 Å². The molecule has 0 radical (unpaired) electrons. The van der Waals surface area contributed by atoms with Crippen LogP contribution in [0.25, 0.3) is 10.4 Å². The molecule has 0 saturated heterocycles. The van der Waals surface area contributed by atoms with E-state index in [4.69, 9.17) is 0 Å². The summed E-state index contributed by atoms with van der Waals surface area (Å²) in [6.07, 6.45) is 1.08. The van der Waals surface area contributed by atoms with Crippen LogP contribution in [-0.2, 0) is 13.0 Å². The highest BCUT2D eigenvalue weighted by Gasteiger charge is 2.03. The lowest BCUT2D eigenvalue weighted by Gasteiger charge is -2.06. The number of anilines is 1. The molecule has 1 nitrogen and oxygen atoms in total. The van der Waals surface area contributed by atoms with E-state index in [9.17, 15) is 0 Å². The largest absolute Gasteiger partial charge is 0.380 e. The normalized spacial score (nSPS) is 10.7. The van der Waals surface area contributed by atoms with E-state index < -0.39 is 0 Å². The van der Waals surface area contributed by atoms with Gasteiger partial charge in [-0.25, -0.2) is 0 Å². The Labute approximate surface area is 127 Å². The molecule has 0 amide bonds. The van der Waals surface area contributed by atoms with E-state index >= 15 is 0 Å². The first kappa shape index (κ1) is 13.4. The molecular weight excluding hydrogens is 282 g/mol. The maximum atomic E-state index is 3.51. The highest BCUT2D eigenvalue weighted by atomic mass is 32.1. The molecule has 102 valence electrons. The predicted octanol–water partition coefficient (Wildman–Crippen LogP) is 5.65. The number of rotatable bonds is 5. The van der Waals surface area contributed by atoms with Gasteiger partial charge in [0.1, 0.15) is 0 Å². The summed E-state index contributed by atoms with van der Waals surface area (Å²) in [6, 6.07) is 15.2. The fourth-order valence-corrected chi connectivity index (χ4v) is 3.75. The van der Waals surface area contributed by atoms with Gasteiger partial charge in [0, 0.05) is 27.5 Å². The Morgan fingerprint density at radius 3 is 2.80 bits per heavy atom. The number of hydrogen-bond donors (Lipinski definition) is 1. The van der Waals surface area contributed by atoms with Crippen molar-refractivity contribution in [3.63, 3.8) is 0 Å². The van der Waals surface area contributed by atoms with Crippen LogP contribution < -0.4 is 5.32 Å². The van der Waals surface area contributed by atoms with Crippen LogP contribution in [0.5, 0.6) is 0 Å². The highest BCUT2D eigenvalue weighted by Crippen LogP contribution is 2.29. The van der Waals surface area contributed by atoms with E-state index in [0.717, 1.165) is 13.0 Å².